The molecule has 27 heavy (non-hydrogen) atoms. The van der Waals surface area contributed by atoms with Crippen LogP contribution in [0.15, 0.2) is 41.8 Å². The molecule has 7 heteroatoms. The van der Waals surface area contributed by atoms with Gasteiger partial charge in [0.05, 0.1) is 34.4 Å². The summed E-state index contributed by atoms with van der Waals surface area (Å²) in [6.07, 6.45) is 5.29. The summed E-state index contributed by atoms with van der Waals surface area (Å²) in [7, 11) is 1.85. The fraction of sp³-hybridized carbons (Fsp3) is 0.200. The van der Waals surface area contributed by atoms with Crippen molar-refractivity contribution in [2.24, 2.45) is 12.0 Å². The van der Waals surface area contributed by atoms with Gasteiger partial charge in [-0.3, -0.25) is 14.6 Å². The van der Waals surface area contributed by atoms with E-state index in [9.17, 15) is 5.11 Å². The summed E-state index contributed by atoms with van der Waals surface area (Å²) in [4.78, 5) is 16.4. The third kappa shape index (κ3) is 2.97. The number of nitrogens with one attached hydrogen (secondary N) is 1. The number of H-pyrrole nitrogens is 1. The number of rotatable bonds is 3. The highest BCUT2D eigenvalue weighted by Gasteiger charge is 2.16. The minimum Gasteiger partial charge on any atom is -0.494 e. The number of pyridine rings is 2. The topological polar surface area (TPSA) is 92.0 Å². The van der Waals surface area contributed by atoms with Gasteiger partial charge in [-0.1, -0.05) is 0 Å². The molecule has 4 heterocycles. The third-order valence-corrected chi connectivity index (χ3v) is 4.60. The van der Waals surface area contributed by atoms with Crippen LogP contribution in [0, 0.1) is 13.8 Å². The Balaban J connectivity index is 1.88. The van der Waals surface area contributed by atoms with E-state index < -0.39 is 0 Å². The van der Waals surface area contributed by atoms with Crippen LogP contribution in [-0.4, -0.2) is 35.6 Å². The van der Waals surface area contributed by atoms with Crippen LogP contribution in [0.1, 0.15) is 23.7 Å². The zero-order chi connectivity index (χ0) is 19.1. The van der Waals surface area contributed by atoms with Gasteiger partial charge in [0.15, 0.2) is 11.7 Å². The molecule has 0 radical (unpaired) electrons. The molecule has 4 aromatic rings. The van der Waals surface area contributed by atoms with Crippen molar-refractivity contribution in [3.63, 3.8) is 0 Å². The largest absolute Gasteiger partial charge is 0.494 e. The van der Waals surface area contributed by atoms with Gasteiger partial charge in [0.2, 0.25) is 0 Å². The van der Waals surface area contributed by atoms with Crippen LogP contribution < -0.4 is 0 Å². The highest BCUT2D eigenvalue weighted by molar-refractivity contribution is 6.13. The zero-order valence-corrected chi connectivity index (χ0v) is 15.6. The van der Waals surface area contributed by atoms with Crippen molar-refractivity contribution in [3.8, 4) is 17.1 Å². The van der Waals surface area contributed by atoms with Gasteiger partial charge in [-0.15, -0.1) is 0 Å². The second-order valence-corrected chi connectivity index (χ2v) is 6.62. The molecule has 0 aliphatic rings. The third-order valence-electron chi connectivity index (χ3n) is 4.60. The van der Waals surface area contributed by atoms with Gasteiger partial charge in [0.25, 0.3) is 0 Å². The Morgan fingerprint density at radius 1 is 1.22 bits per heavy atom. The second-order valence-electron chi connectivity index (χ2n) is 6.62. The van der Waals surface area contributed by atoms with E-state index in [0.717, 1.165) is 39.2 Å². The average molecular weight is 360 g/mol. The van der Waals surface area contributed by atoms with E-state index in [-0.39, 0.29) is 5.88 Å². The molecule has 0 saturated carbocycles. The Hall–Kier alpha value is -3.48. The number of aromatic nitrogens is 5. The molecule has 0 spiro atoms. The van der Waals surface area contributed by atoms with Crippen LogP contribution in [0.3, 0.4) is 0 Å². The summed E-state index contributed by atoms with van der Waals surface area (Å²) in [5, 5.41) is 15.7. The Labute approximate surface area is 156 Å². The highest BCUT2D eigenvalue weighted by Crippen LogP contribution is 2.32. The molecule has 0 atom stereocenters. The lowest BCUT2D eigenvalue weighted by molar-refractivity contribution is 0.457. The Kier molecular flexibility index (Phi) is 3.99. The van der Waals surface area contributed by atoms with Gasteiger partial charge < -0.3 is 10.1 Å². The highest BCUT2D eigenvalue weighted by atomic mass is 16.3. The molecule has 0 bridgehead atoms. The van der Waals surface area contributed by atoms with Gasteiger partial charge in [-0.05, 0) is 38.5 Å². The molecule has 0 unspecified atom stereocenters. The molecular weight excluding hydrogens is 340 g/mol. The lowest BCUT2D eigenvalue weighted by Crippen LogP contribution is -1.96. The van der Waals surface area contributed by atoms with Gasteiger partial charge >= 0.3 is 0 Å². The van der Waals surface area contributed by atoms with Crippen molar-refractivity contribution in [1.82, 2.24) is 24.7 Å². The van der Waals surface area contributed by atoms with Crippen molar-refractivity contribution < 1.29 is 5.11 Å². The van der Waals surface area contributed by atoms with E-state index in [1.54, 1.807) is 23.3 Å². The lowest BCUT2D eigenvalue weighted by atomic mass is 10.0. The molecule has 0 saturated heterocycles. The van der Waals surface area contributed by atoms with Gasteiger partial charge in [0.1, 0.15) is 0 Å². The fourth-order valence-corrected chi connectivity index (χ4v) is 3.25. The molecule has 2 N–H and O–H groups in total. The first-order valence-corrected chi connectivity index (χ1v) is 8.62. The molecule has 0 aromatic carbocycles. The minimum absolute atomic E-state index is 0.0759. The number of fused-ring (bicyclic) bond motifs is 1. The van der Waals surface area contributed by atoms with E-state index in [1.807, 2.05) is 46.0 Å². The quantitative estimate of drug-likeness (QED) is 0.543. The lowest BCUT2D eigenvalue weighted by Gasteiger charge is -2.05. The van der Waals surface area contributed by atoms with Gasteiger partial charge in [0, 0.05) is 36.5 Å². The van der Waals surface area contributed by atoms with Crippen LogP contribution in [0.2, 0.25) is 0 Å². The van der Waals surface area contributed by atoms with Crippen molar-refractivity contribution >= 4 is 22.4 Å². The van der Waals surface area contributed by atoms with Crippen molar-refractivity contribution in [2.45, 2.75) is 20.8 Å². The van der Waals surface area contributed by atoms with Crippen LogP contribution in [0.5, 0.6) is 5.88 Å². The van der Waals surface area contributed by atoms with E-state index in [1.165, 1.54) is 0 Å². The molecule has 4 rings (SSSR count). The Bertz CT molecular complexity index is 1180. The van der Waals surface area contributed by atoms with E-state index in [0.29, 0.717) is 11.3 Å². The minimum atomic E-state index is 0.0759. The molecule has 7 nitrogen and oxygen atoms in total. The maximum atomic E-state index is 10.5. The average Bonchev–Trinajstić information content (AvgIpc) is 3.12. The van der Waals surface area contributed by atoms with E-state index in [2.05, 4.69) is 25.0 Å². The smallest absolute Gasteiger partial charge is 0.198 e. The number of aliphatic imine (C=N–C) groups is 1. The molecule has 136 valence electrons. The molecule has 0 aliphatic heterocycles. The molecule has 0 fully saturated rings. The molecule has 0 aliphatic carbocycles. The van der Waals surface area contributed by atoms with Crippen LogP contribution in [0.25, 0.3) is 22.2 Å². The Morgan fingerprint density at radius 3 is 2.74 bits per heavy atom. The molecular formula is C20H20N6O. The summed E-state index contributed by atoms with van der Waals surface area (Å²) in [6.45, 7) is 5.82. The summed E-state index contributed by atoms with van der Waals surface area (Å²) in [5.74, 6) is 0.808. The normalized spacial score (nSPS) is 12.1. The monoisotopic (exact) mass is 360 g/mol. The maximum absolute atomic E-state index is 10.5. The SMILES string of the molecule is C/C(=N\c1cc(C)nn1C)c1c(O)[nH]c2cnc(-c3cnccc3C)cc12. The van der Waals surface area contributed by atoms with Gasteiger partial charge in [-0.25, -0.2) is 4.99 Å². The predicted molar refractivity (Wildman–Crippen MR) is 106 cm³/mol. The summed E-state index contributed by atoms with van der Waals surface area (Å²) in [5.41, 5.74) is 5.86. The number of aryl methyl sites for hydroxylation is 3. The van der Waals surface area contributed by atoms with Crippen molar-refractivity contribution in [2.75, 3.05) is 0 Å². The van der Waals surface area contributed by atoms with Crippen LogP contribution >= 0.6 is 0 Å². The first kappa shape index (κ1) is 17.0. The number of aromatic amines is 1. The fourth-order valence-electron chi connectivity index (χ4n) is 3.25. The standard InChI is InChI=1S/C20H20N6O/c1-11-5-6-21-9-15(11)16-8-14-17(10-22-16)24-20(27)19(14)13(3)23-18-7-12(2)25-26(18)4/h5-10,24,27H,1-4H3/b23-13+. The van der Waals surface area contributed by atoms with Crippen molar-refractivity contribution in [3.05, 3.63) is 53.6 Å². The Morgan fingerprint density at radius 2 is 2.04 bits per heavy atom. The first-order valence-electron chi connectivity index (χ1n) is 8.62. The van der Waals surface area contributed by atoms with Crippen LogP contribution in [0.4, 0.5) is 5.82 Å². The van der Waals surface area contributed by atoms with E-state index in [4.69, 9.17) is 0 Å². The first-order chi connectivity index (χ1) is 12.9. The van der Waals surface area contributed by atoms with Crippen LogP contribution in [-0.2, 0) is 7.05 Å². The van der Waals surface area contributed by atoms with Crippen molar-refractivity contribution in [1.29, 1.82) is 0 Å². The summed E-state index contributed by atoms with van der Waals surface area (Å²) in [6, 6.07) is 5.81. The second kappa shape index (κ2) is 6.35. The number of aromatic hydroxyl groups is 1. The number of hydrogen-bond donors (Lipinski definition) is 2. The van der Waals surface area contributed by atoms with Gasteiger partial charge in [-0.2, -0.15) is 5.10 Å². The number of hydrogen-bond acceptors (Lipinski definition) is 5. The zero-order valence-electron chi connectivity index (χ0n) is 15.6. The summed E-state index contributed by atoms with van der Waals surface area (Å²) < 4.78 is 1.72. The van der Waals surface area contributed by atoms with E-state index >= 15 is 0 Å². The maximum Gasteiger partial charge on any atom is 0.198 e. The predicted octanol–water partition coefficient (Wildman–Crippen LogP) is 3.82. The number of nitrogens with zero attached hydrogens (tertiary/aromatic N) is 5. The summed E-state index contributed by atoms with van der Waals surface area (Å²) >= 11 is 0. The molecule has 4 aromatic heterocycles. The molecule has 0 amide bonds.